The van der Waals surface area contributed by atoms with Gasteiger partial charge in [0.15, 0.2) is 0 Å². The molecule has 0 spiro atoms. The number of hydrogen-bond acceptors (Lipinski definition) is 2. The Kier molecular flexibility index (Phi) is 7.28. The predicted molar refractivity (Wildman–Crippen MR) is 20.8 cm³/mol. The number of hydrogen-bond donors (Lipinski definition) is 1. The Morgan fingerprint density at radius 3 is 1.83 bits per heavy atom. The van der Waals surface area contributed by atoms with Crippen molar-refractivity contribution in [2.75, 3.05) is 0 Å². The summed E-state index contributed by atoms with van der Waals surface area (Å²) in [5, 5.41) is 7.35. The molecule has 0 radical (unpaired) electrons. The van der Waals surface area contributed by atoms with Gasteiger partial charge in [0.25, 0.3) is 0 Å². The third-order valence-corrected chi connectivity index (χ3v) is 0.101. The van der Waals surface area contributed by atoms with Gasteiger partial charge in [-0.1, -0.05) is 0 Å². The average molecular weight is 82.0 g/mol. The predicted octanol–water partition coefficient (Wildman–Crippen LogP) is -1.38. The summed E-state index contributed by atoms with van der Waals surface area (Å²) >= 11 is 0. The van der Waals surface area contributed by atoms with Gasteiger partial charge in [0.1, 0.15) is 0 Å². The number of carboxylic acids is 1. The fraction of sp³-hybridized carbons (Fsp3) is 0. The van der Waals surface area contributed by atoms with Gasteiger partial charge in [-0.2, -0.15) is 0 Å². The molecule has 0 amide bonds. The number of rotatable bonds is 1. The third-order valence-electron chi connectivity index (χ3n) is 0.101. The van der Waals surface area contributed by atoms with E-state index in [0.29, 0.717) is 0 Å². The maximum absolute atomic E-state index is 9.00. The second-order valence-corrected chi connectivity index (χ2v) is 0.456. The molecule has 0 heterocycles. The van der Waals surface area contributed by atoms with E-state index < -0.39 is 5.97 Å². The van der Waals surface area contributed by atoms with Crippen LogP contribution in [0.2, 0.25) is 0 Å². The molecule has 0 fully saturated rings. The number of carbonyl (C=O) groups excluding carboxylic acids is 1. The molecule has 30 valence electrons. The van der Waals surface area contributed by atoms with Crippen molar-refractivity contribution in [3.8, 4) is 0 Å². The van der Waals surface area contributed by atoms with Crippen LogP contribution < -0.4 is 0 Å². The van der Waals surface area contributed by atoms with Crippen LogP contribution >= 0.6 is 0 Å². The summed E-state index contributed by atoms with van der Waals surface area (Å²) in [5.74, 6) is -1.43. The number of carbonyl (C=O) groups is 2. The minimum absolute atomic E-state index is 0. The summed E-state index contributed by atoms with van der Waals surface area (Å²) in [7, 11) is 0. The van der Waals surface area contributed by atoms with E-state index in [1.165, 1.54) is 0 Å². The Morgan fingerprint density at radius 1 is 1.67 bits per heavy atom. The monoisotopic (exact) mass is 82.0 g/mol. The van der Waals surface area contributed by atoms with Gasteiger partial charge in [-0.25, -0.2) is 4.79 Å². The van der Waals surface area contributed by atoms with Gasteiger partial charge < -0.3 is 5.11 Å². The second kappa shape index (κ2) is 4.74. The fourth-order valence-electron chi connectivity index (χ4n) is 0. The van der Waals surface area contributed by atoms with Crippen molar-refractivity contribution >= 4 is 31.1 Å². The molecule has 1 N–H and O–H groups in total. The molecular weight excluding hydrogens is 79.0 g/mol. The van der Waals surface area contributed by atoms with E-state index in [-0.39, 0.29) is 25.1 Å². The molecule has 4 heteroatoms. The molecule has 0 bridgehead atoms. The first-order chi connectivity index (χ1) is 2.27. The molecule has 0 aromatic rings. The minimum atomic E-state index is -1.43. The molecule has 0 aliphatic carbocycles. The van der Waals surface area contributed by atoms with Crippen molar-refractivity contribution in [2.24, 2.45) is 0 Å². The van der Waals surface area contributed by atoms with Gasteiger partial charge in [0.2, 0.25) is 6.29 Å². The normalized spacial score (nSPS) is 5.33. The zero-order valence-electron chi connectivity index (χ0n) is 2.34. The van der Waals surface area contributed by atoms with Gasteiger partial charge in [-0.3, -0.25) is 4.79 Å². The van der Waals surface area contributed by atoms with Gasteiger partial charge in [-0.05, 0) is 0 Å². The van der Waals surface area contributed by atoms with E-state index >= 15 is 0 Å². The molecule has 0 aromatic heterocycles. The van der Waals surface area contributed by atoms with Crippen LogP contribution in [0.5, 0.6) is 0 Å². The summed E-state index contributed by atoms with van der Waals surface area (Å²) < 4.78 is 0. The first-order valence-corrected chi connectivity index (χ1v) is 0.952. The summed E-state index contributed by atoms with van der Waals surface area (Å²) in [6, 6.07) is 0. The van der Waals surface area contributed by atoms with Crippen LogP contribution in [0.4, 0.5) is 0 Å². The topological polar surface area (TPSA) is 54.4 Å². The van der Waals surface area contributed by atoms with Crippen LogP contribution in [0.3, 0.4) is 0 Å². The summed E-state index contributed by atoms with van der Waals surface area (Å²) in [6.45, 7) is 0. The Bertz CT molecular complexity index is 59.8. The molecule has 3 nitrogen and oxygen atoms in total. The zero-order chi connectivity index (χ0) is 4.28. The van der Waals surface area contributed by atoms with Gasteiger partial charge in [0, 0.05) is 0 Å². The maximum atomic E-state index is 9.00. The average Bonchev–Trinajstić information content (AvgIpc) is 1.38. The molecule has 0 aromatic carbocycles. The summed E-state index contributed by atoms with van der Waals surface area (Å²) in [5.41, 5.74) is 0. The van der Waals surface area contributed by atoms with Crippen LogP contribution in [0.25, 0.3) is 0 Å². The van der Waals surface area contributed by atoms with Crippen molar-refractivity contribution in [1.82, 2.24) is 0 Å². The van der Waals surface area contributed by atoms with Gasteiger partial charge in [-0.15, -0.1) is 0 Å². The molecule has 6 heavy (non-hydrogen) atoms. The SMILES string of the molecule is O=CC(=O)O.[LiH]. The summed E-state index contributed by atoms with van der Waals surface area (Å²) in [6.07, 6.45) is -0.167. The standard InChI is InChI=1S/C2H2O3.Li.H/c3-1-2(4)5;;/h1H,(H,4,5);;. The molecule has 0 rings (SSSR count). The quantitative estimate of drug-likeness (QED) is 0.241. The summed E-state index contributed by atoms with van der Waals surface area (Å²) in [4.78, 5) is 17.9. The van der Waals surface area contributed by atoms with E-state index in [1.54, 1.807) is 0 Å². The van der Waals surface area contributed by atoms with Crippen LogP contribution in [0, 0.1) is 0 Å². The number of aliphatic carboxylic acids is 1. The van der Waals surface area contributed by atoms with Crippen LogP contribution in [0.15, 0.2) is 0 Å². The van der Waals surface area contributed by atoms with E-state index in [0.717, 1.165) is 0 Å². The van der Waals surface area contributed by atoms with Crippen molar-refractivity contribution in [3.63, 3.8) is 0 Å². The molecule has 0 aliphatic heterocycles. The molecule has 0 saturated carbocycles. The fourth-order valence-corrected chi connectivity index (χ4v) is 0. The molecule has 0 aliphatic rings. The first kappa shape index (κ1) is 9.22. The van der Waals surface area contributed by atoms with Crippen LogP contribution in [-0.4, -0.2) is 36.2 Å². The number of aldehydes is 1. The van der Waals surface area contributed by atoms with Crippen molar-refractivity contribution in [3.05, 3.63) is 0 Å². The Labute approximate surface area is 46.5 Å². The van der Waals surface area contributed by atoms with Crippen molar-refractivity contribution < 1.29 is 14.7 Å². The molecule has 0 unspecified atom stereocenters. The Balaban J connectivity index is 0. The number of carboxylic acid groups (broad SMARTS) is 1. The van der Waals surface area contributed by atoms with E-state index in [9.17, 15) is 0 Å². The van der Waals surface area contributed by atoms with Gasteiger partial charge in [0.05, 0.1) is 0 Å². The Hall–Kier alpha value is -0.263. The third kappa shape index (κ3) is 9.28. The van der Waals surface area contributed by atoms with Crippen molar-refractivity contribution in [1.29, 1.82) is 0 Å². The van der Waals surface area contributed by atoms with E-state index in [1.807, 2.05) is 0 Å². The first-order valence-electron chi connectivity index (χ1n) is 0.952. The van der Waals surface area contributed by atoms with Crippen LogP contribution in [-0.2, 0) is 9.59 Å². The zero-order valence-corrected chi connectivity index (χ0v) is 2.34. The molecular formula is C2H3LiO3. The van der Waals surface area contributed by atoms with Crippen molar-refractivity contribution in [2.45, 2.75) is 0 Å². The molecule has 0 atom stereocenters. The molecule has 0 saturated heterocycles. The van der Waals surface area contributed by atoms with E-state index in [2.05, 4.69) is 0 Å². The van der Waals surface area contributed by atoms with Gasteiger partial charge >= 0.3 is 24.8 Å². The Morgan fingerprint density at radius 2 is 1.83 bits per heavy atom. The van der Waals surface area contributed by atoms with E-state index in [4.69, 9.17) is 14.7 Å². The van der Waals surface area contributed by atoms with Crippen LogP contribution in [0.1, 0.15) is 0 Å². The second-order valence-electron chi connectivity index (χ2n) is 0.456.